The highest BCUT2D eigenvalue weighted by atomic mass is 32.1. The van der Waals surface area contributed by atoms with Crippen molar-refractivity contribution in [1.29, 1.82) is 0 Å². The van der Waals surface area contributed by atoms with Crippen molar-refractivity contribution in [3.8, 4) is 0 Å². The van der Waals surface area contributed by atoms with Gasteiger partial charge in [-0.2, -0.15) is 0 Å². The molecule has 3 rings (SSSR count). The zero-order chi connectivity index (χ0) is 16.2. The molecule has 114 valence electrons. The second-order valence-electron chi connectivity index (χ2n) is 4.71. The van der Waals surface area contributed by atoms with Gasteiger partial charge in [-0.15, -0.1) is 11.3 Å². The van der Waals surface area contributed by atoms with Gasteiger partial charge in [0.2, 0.25) is 5.91 Å². The molecule has 23 heavy (non-hydrogen) atoms. The second-order valence-corrected chi connectivity index (χ2v) is 5.60. The van der Waals surface area contributed by atoms with E-state index in [9.17, 15) is 14.9 Å². The summed E-state index contributed by atoms with van der Waals surface area (Å²) < 4.78 is 0.991. The van der Waals surface area contributed by atoms with Crippen molar-refractivity contribution in [2.45, 2.75) is 0 Å². The maximum atomic E-state index is 11.9. The molecule has 0 saturated carbocycles. The summed E-state index contributed by atoms with van der Waals surface area (Å²) in [4.78, 5) is 26.4. The number of benzene rings is 2. The van der Waals surface area contributed by atoms with Gasteiger partial charge in [-0.05, 0) is 29.8 Å². The van der Waals surface area contributed by atoms with Gasteiger partial charge in [0.1, 0.15) is 0 Å². The number of thiazole rings is 1. The number of nitro groups is 1. The Balaban J connectivity index is 1.71. The largest absolute Gasteiger partial charge is 0.322 e. The first-order valence-corrected chi connectivity index (χ1v) is 7.56. The van der Waals surface area contributed by atoms with Crippen LogP contribution in [-0.4, -0.2) is 15.8 Å². The van der Waals surface area contributed by atoms with Crippen LogP contribution in [0.1, 0.15) is 5.56 Å². The normalized spacial score (nSPS) is 11.0. The summed E-state index contributed by atoms with van der Waals surface area (Å²) in [5, 5.41) is 13.5. The van der Waals surface area contributed by atoms with Gasteiger partial charge in [0, 0.05) is 23.9 Å². The Morgan fingerprint density at radius 2 is 2.13 bits per heavy atom. The van der Waals surface area contributed by atoms with Crippen molar-refractivity contribution in [2.24, 2.45) is 0 Å². The highest BCUT2D eigenvalue weighted by Crippen LogP contribution is 2.22. The lowest BCUT2D eigenvalue weighted by Crippen LogP contribution is -2.07. The number of nitro benzene ring substituents is 1. The van der Waals surface area contributed by atoms with Crippen LogP contribution < -0.4 is 5.32 Å². The molecule has 7 heteroatoms. The Morgan fingerprint density at radius 3 is 2.96 bits per heavy atom. The van der Waals surface area contributed by atoms with Crippen LogP contribution in [0.25, 0.3) is 16.3 Å². The lowest BCUT2D eigenvalue weighted by atomic mass is 10.2. The zero-order valence-electron chi connectivity index (χ0n) is 11.8. The fourth-order valence-electron chi connectivity index (χ4n) is 2.03. The van der Waals surface area contributed by atoms with Gasteiger partial charge in [-0.1, -0.05) is 12.1 Å². The van der Waals surface area contributed by atoms with Crippen LogP contribution in [-0.2, 0) is 4.79 Å². The van der Waals surface area contributed by atoms with Crippen molar-refractivity contribution in [1.82, 2.24) is 4.98 Å². The molecule has 1 aromatic heterocycles. The lowest BCUT2D eigenvalue weighted by molar-refractivity contribution is -0.384. The third-order valence-electron chi connectivity index (χ3n) is 3.11. The highest BCUT2D eigenvalue weighted by molar-refractivity contribution is 7.16. The molecule has 0 aliphatic carbocycles. The Morgan fingerprint density at radius 1 is 1.26 bits per heavy atom. The fraction of sp³-hybridized carbons (Fsp3) is 0. The van der Waals surface area contributed by atoms with Crippen molar-refractivity contribution < 1.29 is 9.72 Å². The summed E-state index contributed by atoms with van der Waals surface area (Å²) in [7, 11) is 0. The topological polar surface area (TPSA) is 85.1 Å². The number of fused-ring (bicyclic) bond motifs is 1. The molecular formula is C16H11N3O3S. The molecule has 0 bridgehead atoms. The Hall–Kier alpha value is -3.06. The molecule has 0 fully saturated rings. The van der Waals surface area contributed by atoms with E-state index in [1.165, 1.54) is 35.6 Å². The van der Waals surface area contributed by atoms with Crippen LogP contribution in [0.4, 0.5) is 11.4 Å². The molecule has 0 spiro atoms. The molecule has 1 amide bonds. The third-order valence-corrected chi connectivity index (χ3v) is 3.90. The van der Waals surface area contributed by atoms with Crippen LogP contribution in [0.2, 0.25) is 0 Å². The Kier molecular flexibility index (Phi) is 4.11. The van der Waals surface area contributed by atoms with Gasteiger partial charge in [-0.3, -0.25) is 14.9 Å². The van der Waals surface area contributed by atoms with Crippen molar-refractivity contribution in [3.05, 3.63) is 69.7 Å². The first-order chi connectivity index (χ1) is 11.1. The van der Waals surface area contributed by atoms with Crippen molar-refractivity contribution >= 4 is 44.9 Å². The van der Waals surface area contributed by atoms with Gasteiger partial charge in [0.15, 0.2) is 0 Å². The van der Waals surface area contributed by atoms with E-state index in [2.05, 4.69) is 10.3 Å². The van der Waals surface area contributed by atoms with E-state index in [4.69, 9.17) is 0 Å². The highest BCUT2D eigenvalue weighted by Gasteiger charge is 2.05. The molecule has 0 atom stereocenters. The molecule has 1 heterocycles. The maximum Gasteiger partial charge on any atom is 0.270 e. The van der Waals surface area contributed by atoms with Crippen molar-refractivity contribution in [3.63, 3.8) is 0 Å². The number of anilines is 1. The molecule has 0 aliphatic rings. The fourth-order valence-corrected chi connectivity index (χ4v) is 2.75. The quantitative estimate of drug-likeness (QED) is 0.448. The maximum absolute atomic E-state index is 11.9. The third kappa shape index (κ3) is 3.58. The number of carbonyl (C=O) groups is 1. The Bertz CT molecular complexity index is 918. The molecule has 0 aliphatic heterocycles. The summed E-state index contributed by atoms with van der Waals surface area (Å²) in [6.45, 7) is 0. The molecule has 0 radical (unpaired) electrons. The van der Waals surface area contributed by atoms with Crippen LogP contribution in [0.3, 0.4) is 0 Å². The molecular weight excluding hydrogens is 314 g/mol. The number of carbonyl (C=O) groups excluding carboxylic acids is 1. The number of nitrogens with one attached hydrogen (secondary N) is 1. The van der Waals surface area contributed by atoms with Gasteiger partial charge in [0.25, 0.3) is 5.69 Å². The number of hydrogen-bond acceptors (Lipinski definition) is 5. The van der Waals surface area contributed by atoms with Gasteiger partial charge in [0.05, 0.1) is 20.7 Å². The second kappa shape index (κ2) is 6.37. The average molecular weight is 325 g/mol. The predicted molar refractivity (Wildman–Crippen MR) is 90.4 cm³/mol. The smallest absolute Gasteiger partial charge is 0.270 e. The molecule has 0 saturated heterocycles. The number of non-ortho nitro benzene ring substituents is 1. The van der Waals surface area contributed by atoms with E-state index in [1.54, 1.807) is 23.7 Å². The van der Waals surface area contributed by atoms with E-state index >= 15 is 0 Å². The molecule has 3 aromatic rings. The van der Waals surface area contributed by atoms with E-state index in [1.807, 2.05) is 12.1 Å². The summed E-state index contributed by atoms with van der Waals surface area (Å²) in [5.74, 6) is -0.305. The van der Waals surface area contributed by atoms with Gasteiger partial charge in [-0.25, -0.2) is 4.98 Å². The van der Waals surface area contributed by atoms with E-state index in [-0.39, 0.29) is 11.6 Å². The number of rotatable bonds is 4. The molecule has 1 N–H and O–H groups in total. The number of amides is 1. The molecule has 6 nitrogen and oxygen atoms in total. The molecule has 2 aromatic carbocycles. The zero-order valence-corrected chi connectivity index (χ0v) is 12.6. The number of aromatic nitrogens is 1. The lowest BCUT2D eigenvalue weighted by Gasteiger charge is -2.01. The van der Waals surface area contributed by atoms with E-state index < -0.39 is 4.92 Å². The predicted octanol–water partition coefficient (Wildman–Crippen LogP) is 3.86. The van der Waals surface area contributed by atoms with Gasteiger partial charge >= 0.3 is 0 Å². The Labute approximate surface area is 135 Å². The van der Waals surface area contributed by atoms with E-state index in [0.29, 0.717) is 11.3 Å². The van der Waals surface area contributed by atoms with E-state index in [0.717, 1.165) is 10.2 Å². The van der Waals surface area contributed by atoms with Crippen LogP contribution in [0.15, 0.2) is 54.1 Å². The average Bonchev–Trinajstić information content (AvgIpc) is 3.01. The number of hydrogen-bond donors (Lipinski definition) is 1. The number of nitrogens with zero attached hydrogens (tertiary/aromatic N) is 2. The standard InChI is InChI=1S/C16H11N3O3S/c20-16(7-4-11-2-1-3-13(8-11)19(21)22)18-12-5-6-14-15(9-12)23-10-17-14/h1-10H,(H,18,20). The van der Waals surface area contributed by atoms with Crippen LogP contribution in [0, 0.1) is 10.1 Å². The van der Waals surface area contributed by atoms with Gasteiger partial charge < -0.3 is 5.32 Å². The SMILES string of the molecule is O=C(C=Cc1cccc([N+](=O)[O-])c1)Nc1ccc2ncsc2c1. The summed E-state index contributed by atoms with van der Waals surface area (Å²) in [5.41, 5.74) is 3.89. The minimum atomic E-state index is -0.471. The monoisotopic (exact) mass is 325 g/mol. The molecule has 0 unspecified atom stereocenters. The van der Waals surface area contributed by atoms with Crippen LogP contribution >= 0.6 is 11.3 Å². The summed E-state index contributed by atoms with van der Waals surface area (Å²) >= 11 is 1.50. The minimum Gasteiger partial charge on any atom is -0.322 e. The summed E-state index contributed by atoms with van der Waals surface area (Å²) in [6, 6.07) is 11.6. The first kappa shape index (κ1) is 14.9. The minimum absolute atomic E-state index is 0.0109. The first-order valence-electron chi connectivity index (χ1n) is 6.68. The van der Waals surface area contributed by atoms with Crippen LogP contribution in [0.5, 0.6) is 0 Å². The van der Waals surface area contributed by atoms with Crippen molar-refractivity contribution in [2.75, 3.05) is 5.32 Å². The summed E-state index contributed by atoms with van der Waals surface area (Å²) in [6.07, 6.45) is 2.88.